The summed E-state index contributed by atoms with van der Waals surface area (Å²) in [6.45, 7) is 2.70. The minimum Gasteiger partial charge on any atom is -0.409 e. The van der Waals surface area contributed by atoms with Gasteiger partial charge < -0.3 is 21.0 Å². The SMILES string of the molecule is CCC(CC(N)=NO)NC(=O)CC1CCCCO1. The molecule has 6 nitrogen and oxygen atoms in total. The van der Waals surface area contributed by atoms with Crippen molar-refractivity contribution >= 4 is 11.7 Å². The molecule has 4 N–H and O–H groups in total. The highest BCUT2D eigenvalue weighted by molar-refractivity contribution is 5.82. The van der Waals surface area contributed by atoms with Crippen molar-refractivity contribution in [3.63, 3.8) is 0 Å². The van der Waals surface area contributed by atoms with Crippen LogP contribution in [0.1, 0.15) is 45.4 Å². The van der Waals surface area contributed by atoms with Gasteiger partial charge in [0, 0.05) is 19.1 Å². The Balaban J connectivity index is 2.32. The summed E-state index contributed by atoms with van der Waals surface area (Å²) in [4.78, 5) is 11.8. The van der Waals surface area contributed by atoms with Gasteiger partial charge in [-0.25, -0.2) is 0 Å². The average molecular weight is 257 g/mol. The molecule has 0 aliphatic carbocycles. The molecule has 2 atom stereocenters. The summed E-state index contributed by atoms with van der Waals surface area (Å²) in [5.41, 5.74) is 5.43. The number of hydrogen-bond donors (Lipinski definition) is 3. The second-order valence-electron chi connectivity index (χ2n) is 4.66. The van der Waals surface area contributed by atoms with E-state index in [1.165, 1.54) is 0 Å². The molecule has 18 heavy (non-hydrogen) atoms. The lowest BCUT2D eigenvalue weighted by Crippen LogP contribution is -2.39. The summed E-state index contributed by atoms with van der Waals surface area (Å²) in [5, 5.41) is 14.3. The number of rotatable bonds is 6. The van der Waals surface area contributed by atoms with E-state index in [4.69, 9.17) is 15.7 Å². The number of hydrogen-bond acceptors (Lipinski definition) is 4. The number of carbonyl (C=O) groups is 1. The van der Waals surface area contributed by atoms with Gasteiger partial charge in [-0.15, -0.1) is 0 Å². The molecule has 6 heteroatoms. The molecule has 1 rings (SSSR count). The smallest absolute Gasteiger partial charge is 0.222 e. The predicted molar refractivity (Wildman–Crippen MR) is 68.5 cm³/mol. The van der Waals surface area contributed by atoms with Gasteiger partial charge in [0.15, 0.2) is 0 Å². The van der Waals surface area contributed by atoms with Crippen LogP contribution in [0.4, 0.5) is 0 Å². The van der Waals surface area contributed by atoms with E-state index < -0.39 is 0 Å². The van der Waals surface area contributed by atoms with Crippen LogP contribution in [-0.2, 0) is 9.53 Å². The first kappa shape index (κ1) is 14.8. The minimum absolute atomic E-state index is 0.0283. The second-order valence-corrected chi connectivity index (χ2v) is 4.66. The highest BCUT2D eigenvalue weighted by Crippen LogP contribution is 2.15. The van der Waals surface area contributed by atoms with E-state index in [1.807, 2.05) is 6.92 Å². The highest BCUT2D eigenvalue weighted by atomic mass is 16.5. The molecule has 0 aromatic heterocycles. The summed E-state index contributed by atoms with van der Waals surface area (Å²) >= 11 is 0. The van der Waals surface area contributed by atoms with E-state index in [1.54, 1.807) is 0 Å². The Labute approximate surface area is 108 Å². The normalized spacial score (nSPS) is 22.5. The van der Waals surface area contributed by atoms with Crippen LogP contribution in [0.3, 0.4) is 0 Å². The number of amides is 1. The van der Waals surface area contributed by atoms with Crippen LogP contribution in [0.2, 0.25) is 0 Å². The summed E-state index contributed by atoms with van der Waals surface area (Å²) in [7, 11) is 0. The van der Waals surface area contributed by atoms with Gasteiger partial charge in [0.2, 0.25) is 5.91 Å². The van der Waals surface area contributed by atoms with Crippen LogP contribution in [0.5, 0.6) is 0 Å². The van der Waals surface area contributed by atoms with Crippen LogP contribution in [0.15, 0.2) is 5.16 Å². The number of amidine groups is 1. The lowest BCUT2D eigenvalue weighted by atomic mass is 10.1. The third-order valence-corrected chi connectivity index (χ3v) is 3.13. The van der Waals surface area contributed by atoms with Gasteiger partial charge in [0.1, 0.15) is 5.84 Å². The van der Waals surface area contributed by atoms with Crippen molar-refractivity contribution < 1.29 is 14.7 Å². The number of oxime groups is 1. The van der Waals surface area contributed by atoms with Gasteiger partial charge in [0.05, 0.1) is 12.5 Å². The molecular weight excluding hydrogens is 234 g/mol. The monoisotopic (exact) mass is 257 g/mol. The van der Waals surface area contributed by atoms with Gasteiger partial charge in [0.25, 0.3) is 0 Å². The van der Waals surface area contributed by atoms with Gasteiger partial charge >= 0.3 is 0 Å². The summed E-state index contributed by atoms with van der Waals surface area (Å²) in [5.74, 6) is 0.107. The van der Waals surface area contributed by atoms with Crippen molar-refractivity contribution in [1.82, 2.24) is 5.32 Å². The average Bonchev–Trinajstić information content (AvgIpc) is 2.38. The topological polar surface area (TPSA) is 96.9 Å². The quantitative estimate of drug-likeness (QED) is 0.286. The van der Waals surface area contributed by atoms with Crippen molar-refractivity contribution in [3.05, 3.63) is 0 Å². The van der Waals surface area contributed by atoms with Crippen LogP contribution >= 0.6 is 0 Å². The largest absolute Gasteiger partial charge is 0.409 e. The molecule has 0 spiro atoms. The van der Waals surface area contributed by atoms with Crippen molar-refractivity contribution in [1.29, 1.82) is 0 Å². The van der Waals surface area contributed by atoms with E-state index in [9.17, 15) is 4.79 Å². The molecule has 1 aliphatic rings. The first-order chi connectivity index (χ1) is 8.65. The van der Waals surface area contributed by atoms with Crippen molar-refractivity contribution in [2.75, 3.05) is 6.61 Å². The number of carbonyl (C=O) groups excluding carboxylic acids is 1. The van der Waals surface area contributed by atoms with Gasteiger partial charge in [-0.1, -0.05) is 12.1 Å². The van der Waals surface area contributed by atoms with E-state index in [0.717, 1.165) is 32.3 Å². The molecule has 0 saturated carbocycles. The van der Waals surface area contributed by atoms with E-state index in [2.05, 4.69) is 10.5 Å². The zero-order chi connectivity index (χ0) is 13.4. The minimum atomic E-state index is -0.0861. The fraction of sp³-hybridized carbons (Fsp3) is 0.833. The van der Waals surface area contributed by atoms with Crippen LogP contribution in [0.25, 0.3) is 0 Å². The van der Waals surface area contributed by atoms with Crippen molar-refractivity contribution in [2.45, 2.75) is 57.6 Å². The Morgan fingerprint density at radius 2 is 2.39 bits per heavy atom. The number of nitrogens with one attached hydrogen (secondary N) is 1. The Morgan fingerprint density at radius 1 is 1.61 bits per heavy atom. The molecule has 1 amide bonds. The molecule has 1 aliphatic heterocycles. The van der Waals surface area contributed by atoms with Crippen LogP contribution in [-0.4, -0.2) is 35.7 Å². The summed E-state index contributed by atoms with van der Waals surface area (Å²) in [6.07, 6.45) is 4.70. The highest BCUT2D eigenvalue weighted by Gasteiger charge is 2.19. The number of nitrogens with two attached hydrogens (primary N) is 1. The zero-order valence-corrected chi connectivity index (χ0v) is 10.9. The van der Waals surface area contributed by atoms with Crippen molar-refractivity contribution in [3.8, 4) is 0 Å². The molecule has 0 bridgehead atoms. The molecule has 0 aromatic carbocycles. The lowest BCUT2D eigenvalue weighted by molar-refractivity contribution is -0.125. The molecular formula is C12H23N3O3. The van der Waals surface area contributed by atoms with E-state index in [-0.39, 0.29) is 23.9 Å². The predicted octanol–water partition coefficient (Wildman–Crippen LogP) is 0.977. The Kier molecular flexibility index (Phi) is 6.49. The summed E-state index contributed by atoms with van der Waals surface area (Å²) < 4.78 is 5.52. The summed E-state index contributed by atoms with van der Waals surface area (Å²) in [6, 6.07) is -0.0861. The van der Waals surface area contributed by atoms with E-state index >= 15 is 0 Å². The molecule has 1 fully saturated rings. The maximum atomic E-state index is 11.8. The van der Waals surface area contributed by atoms with Gasteiger partial charge in [-0.3, -0.25) is 4.79 Å². The second kappa shape index (κ2) is 7.92. The first-order valence-electron chi connectivity index (χ1n) is 6.53. The van der Waals surface area contributed by atoms with Crippen LogP contribution < -0.4 is 11.1 Å². The molecule has 0 aromatic rings. The molecule has 2 unspecified atom stereocenters. The Morgan fingerprint density at radius 3 is 2.94 bits per heavy atom. The number of ether oxygens (including phenoxy) is 1. The third-order valence-electron chi connectivity index (χ3n) is 3.13. The maximum Gasteiger partial charge on any atom is 0.222 e. The zero-order valence-electron chi connectivity index (χ0n) is 10.9. The molecule has 104 valence electrons. The molecule has 0 radical (unpaired) electrons. The molecule has 1 heterocycles. The standard InChI is InChI=1S/C12H23N3O3/c1-2-9(7-11(13)15-17)14-12(16)8-10-5-3-4-6-18-10/h9-10,17H,2-8H2,1H3,(H2,13,15)(H,14,16). The van der Waals surface area contributed by atoms with Gasteiger partial charge in [-0.2, -0.15) is 0 Å². The fourth-order valence-corrected chi connectivity index (χ4v) is 2.05. The van der Waals surface area contributed by atoms with Gasteiger partial charge in [-0.05, 0) is 25.7 Å². The Hall–Kier alpha value is -1.30. The number of nitrogens with zero attached hydrogens (tertiary/aromatic N) is 1. The van der Waals surface area contributed by atoms with Crippen LogP contribution in [0, 0.1) is 0 Å². The third kappa shape index (κ3) is 5.35. The fourth-order valence-electron chi connectivity index (χ4n) is 2.05. The van der Waals surface area contributed by atoms with E-state index in [0.29, 0.717) is 12.8 Å². The first-order valence-corrected chi connectivity index (χ1v) is 6.53. The molecule has 1 saturated heterocycles. The Bertz CT molecular complexity index is 288. The maximum absolute atomic E-state index is 11.8. The lowest BCUT2D eigenvalue weighted by Gasteiger charge is -2.23. The van der Waals surface area contributed by atoms with Crippen molar-refractivity contribution in [2.24, 2.45) is 10.9 Å².